The van der Waals surface area contributed by atoms with Crippen molar-refractivity contribution in [2.75, 3.05) is 13.2 Å². The van der Waals surface area contributed by atoms with Gasteiger partial charge in [0.1, 0.15) is 30.2 Å². The van der Waals surface area contributed by atoms with Gasteiger partial charge in [0.2, 0.25) is 5.91 Å². The zero-order chi connectivity index (χ0) is 41.5. The lowest BCUT2D eigenvalue weighted by Crippen LogP contribution is -2.47. The maximum atomic E-state index is 13.4. The number of rotatable bonds is 10. The molecule has 5 aromatic carbocycles. The second kappa shape index (κ2) is 18.8. The van der Waals surface area contributed by atoms with Gasteiger partial charge >= 0.3 is 11.9 Å². The number of amides is 2. The monoisotopic (exact) mass is 834 g/mol. The number of carbonyl (C=O) groups excluding carboxylic acids is 2. The van der Waals surface area contributed by atoms with Gasteiger partial charge < -0.3 is 29.5 Å². The Hall–Kier alpha value is -5.84. The molecule has 0 aliphatic carbocycles. The first kappa shape index (κ1) is 41.3. The lowest BCUT2D eigenvalue weighted by molar-refractivity contribution is -0.152. The molecule has 2 N–H and O–H groups in total. The molecule has 2 amide bonds. The van der Waals surface area contributed by atoms with Gasteiger partial charge in [-0.3, -0.25) is 9.59 Å². The fourth-order valence-corrected chi connectivity index (χ4v) is 8.79. The van der Waals surface area contributed by atoms with Crippen LogP contribution in [0.1, 0.15) is 70.4 Å². The highest BCUT2D eigenvalue weighted by molar-refractivity contribution is 6.31. The molecule has 1 unspecified atom stereocenters. The summed E-state index contributed by atoms with van der Waals surface area (Å²) in [5, 5.41) is 20.4. The molecular weight excluding hydrogens is 791 g/mol. The number of likely N-dealkylation sites (tertiary alicyclic amines) is 2. The zero-order valence-corrected chi connectivity index (χ0v) is 33.7. The average molecular weight is 836 g/mol. The third-order valence-electron chi connectivity index (χ3n) is 11.2. The van der Waals surface area contributed by atoms with Crippen LogP contribution in [0.5, 0.6) is 11.5 Å². The van der Waals surface area contributed by atoms with Gasteiger partial charge in [-0.1, -0.05) is 108 Å². The van der Waals surface area contributed by atoms with Crippen LogP contribution in [0.3, 0.4) is 0 Å². The molecule has 12 heteroatoms. The van der Waals surface area contributed by atoms with E-state index in [2.05, 4.69) is 12.1 Å². The second-order valence-corrected chi connectivity index (χ2v) is 15.6. The quantitative estimate of drug-likeness (QED) is 0.142. The van der Waals surface area contributed by atoms with Crippen molar-refractivity contribution in [2.45, 2.75) is 62.7 Å². The van der Waals surface area contributed by atoms with E-state index in [0.29, 0.717) is 60.1 Å². The maximum Gasteiger partial charge on any atom is 0.326 e. The van der Waals surface area contributed by atoms with E-state index < -0.39 is 29.9 Å². The fraction of sp³-hybridized carbons (Fsp3) is 0.277. The summed E-state index contributed by atoms with van der Waals surface area (Å²) in [7, 11) is 0. The Balaban J connectivity index is 0.000000181. The Morgan fingerprint density at radius 1 is 0.644 bits per heavy atom. The van der Waals surface area contributed by atoms with Crippen molar-refractivity contribution < 1.29 is 38.9 Å². The molecule has 59 heavy (non-hydrogen) atoms. The Morgan fingerprint density at radius 3 is 1.80 bits per heavy atom. The number of carboxylic acids is 2. The highest BCUT2D eigenvalue weighted by Gasteiger charge is 2.45. The molecule has 0 bridgehead atoms. The number of carbonyl (C=O) groups is 4. The average Bonchev–Trinajstić information content (AvgIpc) is 3.91. The Labute approximate surface area is 352 Å². The minimum Gasteiger partial charge on any atom is -0.493 e. The van der Waals surface area contributed by atoms with Crippen molar-refractivity contribution >= 4 is 47.0 Å². The highest BCUT2D eigenvalue weighted by atomic mass is 35.5. The van der Waals surface area contributed by atoms with Crippen LogP contribution in [0.25, 0.3) is 0 Å². The van der Waals surface area contributed by atoms with E-state index in [9.17, 15) is 29.4 Å². The number of carboxylic acid groups (broad SMARTS) is 2. The van der Waals surface area contributed by atoms with Crippen LogP contribution in [0, 0.1) is 5.92 Å². The largest absolute Gasteiger partial charge is 0.493 e. The number of ether oxygens (including phenoxy) is 2. The second-order valence-electron chi connectivity index (χ2n) is 14.8. The summed E-state index contributed by atoms with van der Waals surface area (Å²) in [6, 6.07) is 36.7. The number of para-hydroxylation sites is 1. The maximum absolute atomic E-state index is 13.4. The van der Waals surface area contributed by atoms with Gasteiger partial charge in [0.25, 0.3) is 5.91 Å². The van der Waals surface area contributed by atoms with Crippen LogP contribution in [-0.4, -0.2) is 69.1 Å². The summed E-state index contributed by atoms with van der Waals surface area (Å²) >= 11 is 12.7. The Bertz CT molecular complexity index is 2290. The van der Waals surface area contributed by atoms with Crippen molar-refractivity contribution in [3.8, 4) is 11.5 Å². The van der Waals surface area contributed by atoms with Crippen molar-refractivity contribution in [3.63, 3.8) is 0 Å². The molecule has 3 aliphatic rings. The van der Waals surface area contributed by atoms with E-state index >= 15 is 0 Å². The lowest BCUT2D eigenvalue weighted by atomic mass is 9.94. The predicted octanol–water partition coefficient (Wildman–Crippen LogP) is 9.10. The number of fused-ring (bicyclic) bond motifs is 1. The number of aliphatic carboxylic acids is 2. The molecule has 5 aromatic rings. The molecule has 10 nitrogen and oxygen atoms in total. The summed E-state index contributed by atoms with van der Waals surface area (Å²) in [4.78, 5) is 53.3. The molecule has 3 heterocycles. The Kier molecular flexibility index (Phi) is 13.2. The van der Waals surface area contributed by atoms with Crippen molar-refractivity contribution in [1.82, 2.24) is 9.80 Å². The SMILES string of the molecule is O=C(O)[C@@H]1CC[C@H](c2ccccc2Cl)N1C(=O)C1COc2ccccc2C1.O=C(O)[C@@H]1CC[C@H](c2ccccc2Cl)N1C(=O)c1ccc(OCCc2ccccc2)cc1. The fourth-order valence-electron chi connectivity index (χ4n) is 8.27. The van der Waals surface area contributed by atoms with Crippen LogP contribution in [0.4, 0.5) is 0 Å². The third kappa shape index (κ3) is 9.40. The molecule has 2 fully saturated rings. The van der Waals surface area contributed by atoms with Gasteiger partial charge in [0.05, 0.1) is 24.6 Å². The molecule has 0 spiro atoms. The summed E-state index contributed by atoms with van der Waals surface area (Å²) in [5.74, 6) is -1.43. The van der Waals surface area contributed by atoms with E-state index in [1.54, 1.807) is 36.4 Å². The Morgan fingerprint density at radius 2 is 1.19 bits per heavy atom. The molecule has 304 valence electrons. The zero-order valence-electron chi connectivity index (χ0n) is 32.2. The summed E-state index contributed by atoms with van der Waals surface area (Å²) in [5.41, 5.74) is 4.16. The van der Waals surface area contributed by atoms with Gasteiger partial charge in [0, 0.05) is 22.0 Å². The first-order valence-electron chi connectivity index (χ1n) is 19.7. The van der Waals surface area contributed by atoms with Crippen molar-refractivity contribution in [3.05, 3.63) is 165 Å². The summed E-state index contributed by atoms with van der Waals surface area (Å²) < 4.78 is 11.6. The number of nitrogens with zero attached hydrogens (tertiary/aromatic N) is 2. The topological polar surface area (TPSA) is 134 Å². The van der Waals surface area contributed by atoms with Gasteiger partial charge in [-0.15, -0.1) is 0 Å². The number of halogens is 2. The molecule has 0 saturated carbocycles. The van der Waals surface area contributed by atoms with E-state index in [0.717, 1.165) is 28.9 Å². The van der Waals surface area contributed by atoms with E-state index in [4.69, 9.17) is 32.7 Å². The summed E-state index contributed by atoms with van der Waals surface area (Å²) in [6.45, 7) is 0.785. The molecule has 0 radical (unpaired) electrons. The molecule has 3 aliphatic heterocycles. The van der Waals surface area contributed by atoms with Gasteiger partial charge in [-0.2, -0.15) is 0 Å². The van der Waals surface area contributed by atoms with Crippen LogP contribution in [0.2, 0.25) is 10.0 Å². The first-order chi connectivity index (χ1) is 28.6. The minimum atomic E-state index is -1.01. The minimum absolute atomic E-state index is 0.181. The van der Waals surface area contributed by atoms with Gasteiger partial charge in [0.15, 0.2) is 0 Å². The van der Waals surface area contributed by atoms with Crippen LogP contribution in [-0.2, 0) is 27.2 Å². The highest BCUT2D eigenvalue weighted by Crippen LogP contribution is 2.42. The number of hydrogen-bond donors (Lipinski definition) is 2. The standard InChI is InChI=1S/C26H24ClNO4.C21H20ClNO4/c27-22-9-5-4-8-21(22)23-14-15-24(26(30)31)28(23)25(29)19-10-12-20(13-11-19)32-17-16-18-6-2-1-3-7-18;22-16-7-3-2-6-15(16)17-9-10-18(21(25)26)23(17)20(24)14-11-13-5-1-4-8-19(13)27-12-14/h1-13,23-24H,14-17H2,(H,30,31);1-8,14,17-18H,9-12H2,(H,25,26)/t23-,24+;14?,17-,18+/m11/s1. The van der Waals surface area contributed by atoms with Crippen molar-refractivity contribution in [2.24, 2.45) is 5.92 Å². The van der Waals surface area contributed by atoms with E-state index in [-0.39, 0.29) is 30.5 Å². The van der Waals surface area contributed by atoms with Crippen LogP contribution < -0.4 is 9.47 Å². The van der Waals surface area contributed by atoms with Crippen LogP contribution >= 0.6 is 23.2 Å². The lowest BCUT2D eigenvalue weighted by Gasteiger charge is -2.34. The molecule has 2 saturated heterocycles. The van der Waals surface area contributed by atoms with Crippen molar-refractivity contribution in [1.29, 1.82) is 0 Å². The van der Waals surface area contributed by atoms with Gasteiger partial charge in [-0.05, 0) is 96.8 Å². The van der Waals surface area contributed by atoms with E-state index in [1.807, 2.05) is 78.9 Å². The smallest absolute Gasteiger partial charge is 0.326 e. The normalized spacial score (nSPS) is 20.7. The summed E-state index contributed by atoms with van der Waals surface area (Å²) in [6.07, 6.45) is 3.27. The molecule has 8 rings (SSSR count). The predicted molar refractivity (Wildman–Crippen MR) is 224 cm³/mol. The number of hydrogen-bond acceptors (Lipinski definition) is 6. The van der Waals surface area contributed by atoms with E-state index in [1.165, 1.54) is 15.4 Å². The molecule has 5 atom stereocenters. The van der Waals surface area contributed by atoms with Gasteiger partial charge in [-0.25, -0.2) is 9.59 Å². The molecular formula is C47H44Cl2N2O8. The third-order valence-corrected chi connectivity index (χ3v) is 11.9. The first-order valence-corrected chi connectivity index (χ1v) is 20.4. The number of benzene rings is 5. The van der Waals surface area contributed by atoms with Crippen LogP contribution in [0.15, 0.2) is 127 Å². The molecule has 0 aromatic heterocycles.